The quantitative estimate of drug-likeness (QED) is 0.777. The van der Waals surface area contributed by atoms with Crippen LogP contribution < -0.4 is 4.74 Å². The van der Waals surface area contributed by atoms with Crippen LogP contribution in [0.3, 0.4) is 0 Å². The lowest BCUT2D eigenvalue weighted by molar-refractivity contribution is 0.204. The molecule has 0 amide bonds. The zero-order valence-electron chi connectivity index (χ0n) is 9.61. The highest BCUT2D eigenvalue weighted by atomic mass is 35.7. The van der Waals surface area contributed by atoms with Gasteiger partial charge in [0, 0.05) is 10.7 Å². The maximum absolute atomic E-state index is 13.0. The minimum absolute atomic E-state index is 0.0855. The van der Waals surface area contributed by atoms with E-state index in [0.29, 0.717) is 0 Å². The van der Waals surface area contributed by atoms with Crippen molar-refractivity contribution in [3.05, 3.63) is 24.0 Å². The van der Waals surface area contributed by atoms with Crippen molar-refractivity contribution in [3.8, 4) is 5.75 Å². The molecule has 0 saturated heterocycles. The van der Waals surface area contributed by atoms with Crippen molar-refractivity contribution in [3.63, 3.8) is 0 Å². The van der Waals surface area contributed by atoms with Gasteiger partial charge in [-0.05, 0) is 31.5 Å². The van der Waals surface area contributed by atoms with Crippen LogP contribution in [0.4, 0.5) is 4.39 Å². The van der Waals surface area contributed by atoms with Gasteiger partial charge in [0.2, 0.25) is 0 Å². The highest BCUT2D eigenvalue weighted by Gasteiger charge is 2.19. The SMILES string of the molecule is CCCC(C)Oc1ccc(F)cc1S(=O)(=O)Cl. The van der Waals surface area contributed by atoms with Crippen molar-refractivity contribution in [1.29, 1.82) is 0 Å². The molecule has 0 aliphatic heterocycles. The van der Waals surface area contributed by atoms with Gasteiger partial charge < -0.3 is 4.74 Å². The fraction of sp³-hybridized carbons (Fsp3) is 0.455. The molecular weight excluding hydrogens is 267 g/mol. The van der Waals surface area contributed by atoms with Gasteiger partial charge in [0.15, 0.2) is 0 Å². The number of halogens is 2. The van der Waals surface area contributed by atoms with Crippen LogP contribution in [0.2, 0.25) is 0 Å². The van der Waals surface area contributed by atoms with Crippen molar-refractivity contribution >= 4 is 19.7 Å². The van der Waals surface area contributed by atoms with Gasteiger partial charge >= 0.3 is 0 Å². The molecule has 0 aliphatic carbocycles. The Bertz CT molecular complexity index is 487. The van der Waals surface area contributed by atoms with E-state index < -0.39 is 14.9 Å². The third-order valence-electron chi connectivity index (χ3n) is 2.19. The van der Waals surface area contributed by atoms with E-state index in [1.54, 1.807) is 0 Å². The van der Waals surface area contributed by atoms with Crippen LogP contribution in [-0.2, 0) is 9.05 Å². The Balaban J connectivity index is 3.07. The summed E-state index contributed by atoms with van der Waals surface area (Å²) in [5.41, 5.74) is 0. The standard InChI is InChI=1S/C11H14ClFO3S/c1-3-4-8(2)16-10-6-5-9(13)7-11(10)17(12,14)15/h5-8H,3-4H2,1-2H3. The lowest BCUT2D eigenvalue weighted by Gasteiger charge is -2.15. The first-order valence-electron chi connectivity index (χ1n) is 5.25. The summed E-state index contributed by atoms with van der Waals surface area (Å²) in [7, 11) is 1.21. The highest BCUT2D eigenvalue weighted by molar-refractivity contribution is 8.13. The fourth-order valence-electron chi connectivity index (χ4n) is 1.45. The number of rotatable bonds is 5. The second-order valence-corrected chi connectivity index (χ2v) is 6.28. The zero-order chi connectivity index (χ0) is 13.1. The van der Waals surface area contributed by atoms with Gasteiger partial charge in [-0.2, -0.15) is 0 Å². The van der Waals surface area contributed by atoms with Crippen molar-refractivity contribution in [1.82, 2.24) is 0 Å². The second kappa shape index (κ2) is 5.69. The van der Waals surface area contributed by atoms with Crippen LogP contribution in [-0.4, -0.2) is 14.5 Å². The molecule has 96 valence electrons. The summed E-state index contributed by atoms with van der Waals surface area (Å²) in [4.78, 5) is -0.331. The first kappa shape index (κ1) is 14.3. The van der Waals surface area contributed by atoms with E-state index in [1.807, 2.05) is 13.8 Å². The monoisotopic (exact) mass is 280 g/mol. The van der Waals surface area contributed by atoms with Gasteiger partial charge in [-0.15, -0.1) is 0 Å². The minimum Gasteiger partial charge on any atom is -0.489 e. The molecule has 3 nitrogen and oxygen atoms in total. The van der Waals surface area contributed by atoms with Crippen molar-refractivity contribution in [2.45, 2.75) is 37.7 Å². The predicted octanol–water partition coefficient (Wildman–Crippen LogP) is 3.32. The van der Waals surface area contributed by atoms with E-state index in [-0.39, 0.29) is 16.7 Å². The molecule has 0 heterocycles. The molecule has 0 bridgehead atoms. The van der Waals surface area contributed by atoms with Crippen LogP contribution >= 0.6 is 10.7 Å². The molecule has 1 aromatic carbocycles. The molecule has 1 rings (SSSR count). The van der Waals surface area contributed by atoms with E-state index in [2.05, 4.69) is 0 Å². The molecule has 0 aromatic heterocycles. The van der Waals surface area contributed by atoms with Gasteiger partial charge in [0.1, 0.15) is 16.5 Å². The smallest absolute Gasteiger partial charge is 0.265 e. The molecular formula is C11H14ClFO3S. The molecule has 0 fully saturated rings. The summed E-state index contributed by atoms with van der Waals surface area (Å²) in [6.45, 7) is 3.81. The molecule has 1 atom stereocenters. The van der Waals surface area contributed by atoms with E-state index in [1.165, 1.54) is 6.07 Å². The van der Waals surface area contributed by atoms with Crippen LogP contribution in [0.5, 0.6) is 5.75 Å². The van der Waals surface area contributed by atoms with E-state index in [0.717, 1.165) is 25.0 Å². The normalized spacial score (nSPS) is 13.4. The molecule has 0 saturated carbocycles. The molecule has 0 radical (unpaired) electrons. The van der Waals surface area contributed by atoms with Gasteiger partial charge in [0.25, 0.3) is 9.05 Å². The topological polar surface area (TPSA) is 43.4 Å². The molecule has 6 heteroatoms. The van der Waals surface area contributed by atoms with Crippen LogP contribution in [0.15, 0.2) is 23.1 Å². The van der Waals surface area contributed by atoms with Crippen molar-refractivity contribution < 1.29 is 17.5 Å². The summed E-state index contributed by atoms with van der Waals surface area (Å²) in [6, 6.07) is 3.27. The van der Waals surface area contributed by atoms with Gasteiger partial charge in [-0.25, -0.2) is 12.8 Å². The number of benzene rings is 1. The van der Waals surface area contributed by atoms with Crippen LogP contribution in [0.25, 0.3) is 0 Å². The summed E-state index contributed by atoms with van der Waals surface area (Å²) in [5.74, 6) is -0.581. The number of ether oxygens (including phenoxy) is 1. The average Bonchev–Trinajstić information content (AvgIpc) is 2.19. The van der Waals surface area contributed by atoms with Gasteiger partial charge in [0.05, 0.1) is 6.10 Å². The Hall–Kier alpha value is -0.810. The Morgan fingerprint density at radius 1 is 1.47 bits per heavy atom. The minimum atomic E-state index is -4.01. The largest absolute Gasteiger partial charge is 0.489 e. The van der Waals surface area contributed by atoms with Crippen molar-refractivity contribution in [2.75, 3.05) is 0 Å². The van der Waals surface area contributed by atoms with Gasteiger partial charge in [-0.1, -0.05) is 13.3 Å². The summed E-state index contributed by atoms with van der Waals surface area (Å²) >= 11 is 0. The molecule has 1 unspecified atom stereocenters. The molecule has 0 spiro atoms. The third-order valence-corrected chi connectivity index (χ3v) is 3.53. The lowest BCUT2D eigenvalue weighted by Crippen LogP contribution is -2.12. The Morgan fingerprint density at radius 3 is 2.65 bits per heavy atom. The predicted molar refractivity (Wildman–Crippen MR) is 64.4 cm³/mol. The average molecular weight is 281 g/mol. The van der Waals surface area contributed by atoms with Crippen LogP contribution in [0.1, 0.15) is 26.7 Å². The van der Waals surface area contributed by atoms with Crippen molar-refractivity contribution in [2.24, 2.45) is 0 Å². The first-order valence-corrected chi connectivity index (χ1v) is 7.56. The molecule has 17 heavy (non-hydrogen) atoms. The zero-order valence-corrected chi connectivity index (χ0v) is 11.2. The second-order valence-electron chi connectivity index (χ2n) is 3.75. The molecule has 0 aliphatic rings. The van der Waals surface area contributed by atoms with Gasteiger partial charge in [-0.3, -0.25) is 0 Å². The summed E-state index contributed by atoms with van der Waals surface area (Å²) < 4.78 is 40.9. The molecule has 1 aromatic rings. The number of hydrogen-bond donors (Lipinski definition) is 0. The van der Waals surface area contributed by atoms with Crippen LogP contribution in [0, 0.1) is 5.82 Å². The maximum atomic E-state index is 13.0. The highest BCUT2D eigenvalue weighted by Crippen LogP contribution is 2.28. The maximum Gasteiger partial charge on any atom is 0.265 e. The Kier molecular flexibility index (Phi) is 4.77. The summed E-state index contributed by atoms with van der Waals surface area (Å²) in [5, 5.41) is 0. The first-order chi connectivity index (χ1) is 7.84. The number of hydrogen-bond acceptors (Lipinski definition) is 3. The Morgan fingerprint density at radius 2 is 2.12 bits per heavy atom. The van der Waals surface area contributed by atoms with E-state index in [9.17, 15) is 12.8 Å². The fourth-order valence-corrected chi connectivity index (χ4v) is 2.42. The Labute approximate surface area is 105 Å². The van der Waals surface area contributed by atoms with E-state index in [4.69, 9.17) is 15.4 Å². The van der Waals surface area contributed by atoms with E-state index >= 15 is 0 Å². The third kappa shape index (κ3) is 4.16. The lowest BCUT2D eigenvalue weighted by atomic mass is 10.2. The summed E-state index contributed by atoms with van der Waals surface area (Å²) in [6.07, 6.45) is 1.53. The molecule has 0 N–H and O–H groups in total.